The second kappa shape index (κ2) is 5.88. The van der Waals surface area contributed by atoms with Gasteiger partial charge >= 0.3 is 6.18 Å². The molecule has 17 heavy (non-hydrogen) atoms. The fourth-order valence-electron chi connectivity index (χ4n) is 0.669. The predicted molar refractivity (Wildman–Crippen MR) is 52.3 cm³/mol. The molecule has 0 aromatic carbocycles. The number of carbonyl (C=O) groups excluding carboxylic acids is 2. The minimum atomic E-state index is -4.81. The minimum absolute atomic E-state index is 0.125. The van der Waals surface area contributed by atoms with E-state index in [1.165, 1.54) is 18.2 Å². The van der Waals surface area contributed by atoms with Crippen LogP contribution in [0.4, 0.5) is 13.2 Å². The number of aliphatic hydroxyl groups is 2. The van der Waals surface area contributed by atoms with Crippen LogP contribution in [0.3, 0.4) is 0 Å². The van der Waals surface area contributed by atoms with Crippen molar-refractivity contribution in [1.29, 1.82) is 0 Å². The molecule has 1 aliphatic carbocycles. The fraction of sp³-hybridized carbons (Fsp3) is 0.200. The first kappa shape index (κ1) is 14.9. The summed E-state index contributed by atoms with van der Waals surface area (Å²) in [5.74, 6) is -3.17. The number of ketones is 2. The van der Waals surface area contributed by atoms with Crippen LogP contribution >= 0.6 is 0 Å². The number of carbonyl (C=O) groups is 2. The lowest BCUT2D eigenvalue weighted by Gasteiger charge is -2.02. The second-order valence-corrected chi connectivity index (χ2v) is 2.91. The van der Waals surface area contributed by atoms with Crippen LogP contribution in [0.15, 0.2) is 35.8 Å². The summed E-state index contributed by atoms with van der Waals surface area (Å²) >= 11 is 0. The van der Waals surface area contributed by atoms with Gasteiger partial charge in [-0.1, -0.05) is 6.08 Å². The highest BCUT2D eigenvalue weighted by Crippen LogP contribution is 2.22. The summed E-state index contributed by atoms with van der Waals surface area (Å²) in [6.45, 7) is 0.919. The first-order valence-corrected chi connectivity index (χ1v) is 4.24. The molecule has 7 heteroatoms. The molecular formula is C10H9F3O4. The first-order chi connectivity index (χ1) is 7.64. The number of allylic oxidation sites excluding steroid dienone is 5. The summed E-state index contributed by atoms with van der Waals surface area (Å²) in [7, 11) is 0. The number of rotatable bonds is 1. The van der Waals surface area contributed by atoms with Crippen LogP contribution in [0.25, 0.3) is 0 Å². The molecule has 94 valence electrons. The van der Waals surface area contributed by atoms with Crippen LogP contribution in [-0.2, 0) is 9.59 Å². The topological polar surface area (TPSA) is 74.6 Å². The van der Waals surface area contributed by atoms with E-state index >= 15 is 0 Å². The Balaban J connectivity index is 0.000000318. The van der Waals surface area contributed by atoms with Crippen molar-refractivity contribution in [2.45, 2.75) is 13.1 Å². The zero-order chi connectivity index (χ0) is 13.6. The summed E-state index contributed by atoms with van der Waals surface area (Å²) in [6.07, 6.45) is -0.499. The lowest BCUT2D eigenvalue weighted by Crippen LogP contribution is -2.12. The molecule has 0 unspecified atom stereocenters. The van der Waals surface area contributed by atoms with Crippen LogP contribution in [0, 0.1) is 0 Å². The molecule has 0 aliphatic heterocycles. The Kier molecular flexibility index (Phi) is 5.17. The van der Waals surface area contributed by atoms with E-state index in [0.717, 1.165) is 6.92 Å². The highest BCUT2D eigenvalue weighted by Gasteiger charge is 2.33. The van der Waals surface area contributed by atoms with Crippen LogP contribution in [-0.4, -0.2) is 28.0 Å². The van der Waals surface area contributed by atoms with Crippen LogP contribution in [0.5, 0.6) is 0 Å². The van der Waals surface area contributed by atoms with Gasteiger partial charge in [0.2, 0.25) is 11.5 Å². The Morgan fingerprint density at radius 1 is 1.41 bits per heavy atom. The monoisotopic (exact) mass is 250 g/mol. The van der Waals surface area contributed by atoms with Gasteiger partial charge in [-0.25, -0.2) is 0 Å². The van der Waals surface area contributed by atoms with Gasteiger partial charge in [0, 0.05) is 6.08 Å². The van der Waals surface area contributed by atoms with Crippen molar-refractivity contribution in [2.75, 3.05) is 0 Å². The molecular weight excluding hydrogens is 241 g/mol. The molecule has 0 radical (unpaired) electrons. The summed E-state index contributed by atoms with van der Waals surface area (Å²) in [4.78, 5) is 20.1. The normalized spacial score (nSPS) is 15.2. The Hall–Kier alpha value is -2.05. The SMILES string of the molecule is CC(=O)/C=C(\O)C(F)(F)F.O=C1C=CC=C1O. The quantitative estimate of drug-likeness (QED) is 0.552. The smallest absolute Gasteiger partial charge is 0.448 e. The number of alkyl halides is 3. The average molecular weight is 250 g/mol. The third-order valence-electron chi connectivity index (χ3n) is 1.38. The molecule has 0 fully saturated rings. The Bertz CT molecular complexity index is 402. The van der Waals surface area contributed by atoms with Crippen molar-refractivity contribution in [1.82, 2.24) is 0 Å². The number of halogens is 3. The van der Waals surface area contributed by atoms with Gasteiger partial charge in [-0.15, -0.1) is 0 Å². The highest BCUT2D eigenvalue weighted by atomic mass is 19.4. The van der Waals surface area contributed by atoms with Crippen molar-refractivity contribution in [3.8, 4) is 0 Å². The molecule has 0 heterocycles. The maximum absolute atomic E-state index is 11.3. The van der Waals surface area contributed by atoms with E-state index in [0.29, 0.717) is 0 Å². The fourth-order valence-corrected chi connectivity index (χ4v) is 0.669. The van der Waals surface area contributed by atoms with Gasteiger partial charge in [0.15, 0.2) is 11.5 Å². The van der Waals surface area contributed by atoms with E-state index in [9.17, 15) is 22.8 Å². The lowest BCUT2D eigenvalue weighted by atomic mass is 10.3. The van der Waals surface area contributed by atoms with Crippen LogP contribution in [0.1, 0.15) is 6.92 Å². The van der Waals surface area contributed by atoms with Gasteiger partial charge in [-0.05, 0) is 19.1 Å². The molecule has 0 saturated carbocycles. The Labute approximate surface area is 94.4 Å². The second-order valence-electron chi connectivity index (χ2n) is 2.91. The minimum Gasteiger partial charge on any atom is -0.504 e. The van der Waals surface area contributed by atoms with Gasteiger partial charge in [0.1, 0.15) is 0 Å². The van der Waals surface area contributed by atoms with E-state index in [2.05, 4.69) is 0 Å². The van der Waals surface area contributed by atoms with Crippen molar-refractivity contribution in [3.05, 3.63) is 35.8 Å². The Morgan fingerprint density at radius 2 is 1.94 bits per heavy atom. The standard InChI is InChI=1S/C5H5F3O2.C5H4O2/c1-3(9)2-4(10)5(6,7)8;6-4-2-1-3-5(4)7/h2,10H,1H3;1-3H,(H,6,7)/b4-2-;. The Morgan fingerprint density at radius 3 is 2.06 bits per heavy atom. The predicted octanol–water partition coefficient (Wildman–Crippen LogP) is 2.15. The maximum Gasteiger partial charge on any atom is 0.448 e. The van der Waals surface area contributed by atoms with E-state index in [1.54, 1.807) is 0 Å². The van der Waals surface area contributed by atoms with E-state index in [4.69, 9.17) is 10.2 Å². The first-order valence-electron chi connectivity index (χ1n) is 4.24. The van der Waals surface area contributed by atoms with Crippen molar-refractivity contribution in [2.24, 2.45) is 0 Å². The molecule has 0 atom stereocenters. The maximum atomic E-state index is 11.3. The molecule has 0 spiro atoms. The molecule has 0 aromatic rings. The largest absolute Gasteiger partial charge is 0.504 e. The molecule has 0 aromatic heterocycles. The molecule has 0 bridgehead atoms. The van der Waals surface area contributed by atoms with Gasteiger partial charge in [-0.3, -0.25) is 9.59 Å². The van der Waals surface area contributed by atoms with Gasteiger partial charge in [0.25, 0.3) is 0 Å². The highest BCUT2D eigenvalue weighted by molar-refractivity contribution is 6.04. The summed E-state index contributed by atoms with van der Waals surface area (Å²) < 4.78 is 34.0. The van der Waals surface area contributed by atoms with Crippen molar-refractivity contribution in [3.63, 3.8) is 0 Å². The van der Waals surface area contributed by atoms with Gasteiger partial charge in [-0.2, -0.15) is 13.2 Å². The molecule has 1 aliphatic rings. The van der Waals surface area contributed by atoms with Crippen LogP contribution in [0.2, 0.25) is 0 Å². The summed E-state index contributed by atoms with van der Waals surface area (Å²) in [5.41, 5.74) is 0. The molecule has 0 amide bonds. The third-order valence-corrected chi connectivity index (χ3v) is 1.38. The number of hydrogen-bond donors (Lipinski definition) is 2. The van der Waals surface area contributed by atoms with Crippen molar-refractivity contribution >= 4 is 11.6 Å². The van der Waals surface area contributed by atoms with Crippen LogP contribution < -0.4 is 0 Å². The number of hydrogen-bond acceptors (Lipinski definition) is 4. The number of aliphatic hydroxyl groups excluding tert-OH is 2. The van der Waals surface area contributed by atoms with Gasteiger partial charge < -0.3 is 10.2 Å². The molecule has 2 N–H and O–H groups in total. The molecule has 1 rings (SSSR count). The zero-order valence-corrected chi connectivity index (χ0v) is 8.65. The average Bonchev–Trinajstić information content (AvgIpc) is 2.49. The van der Waals surface area contributed by atoms with Crippen molar-refractivity contribution < 1.29 is 33.0 Å². The zero-order valence-electron chi connectivity index (χ0n) is 8.65. The summed E-state index contributed by atoms with van der Waals surface area (Å²) in [6, 6.07) is 0. The van der Waals surface area contributed by atoms with E-state index < -0.39 is 17.7 Å². The lowest BCUT2D eigenvalue weighted by molar-refractivity contribution is -0.124. The van der Waals surface area contributed by atoms with Gasteiger partial charge in [0.05, 0.1) is 0 Å². The van der Waals surface area contributed by atoms with E-state index in [-0.39, 0.29) is 17.6 Å². The third kappa shape index (κ3) is 6.18. The molecule has 0 saturated heterocycles. The molecule has 4 nitrogen and oxygen atoms in total. The summed E-state index contributed by atoms with van der Waals surface area (Å²) in [5, 5.41) is 16.5. The van der Waals surface area contributed by atoms with E-state index in [1.807, 2.05) is 0 Å².